The molecule has 0 aliphatic carbocycles. The van der Waals surface area contributed by atoms with Crippen LogP contribution in [-0.4, -0.2) is 23.2 Å². The van der Waals surface area contributed by atoms with Gasteiger partial charge in [-0.1, -0.05) is 0 Å². The van der Waals surface area contributed by atoms with Gasteiger partial charge in [0, 0.05) is 12.1 Å². The summed E-state index contributed by atoms with van der Waals surface area (Å²) in [6.07, 6.45) is 0. The minimum atomic E-state index is 0.597. The van der Waals surface area contributed by atoms with Gasteiger partial charge < -0.3 is 14.5 Å². The highest BCUT2D eigenvalue weighted by molar-refractivity contribution is 7.13. The van der Waals surface area contributed by atoms with E-state index in [0.29, 0.717) is 13.2 Å². The Labute approximate surface area is 114 Å². The lowest BCUT2D eigenvalue weighted by molar-refractivity contribution is 0.172. The molecule has 5 heteroatoms. The van der Waals surface area contributed by atoms with Gasteiger partial charge in [0.15, 0.2) is 11.5 Å². The van der Waals surface area contributed by atoms with E-state index in [9.17, 15) is 0 Å². The summed E-state index contributed by atoms with van der Waals surface area (Å²) in [5.41, 5.74) is 3.13. The first-order valence-corrected chi connectivity index (χ1v) is 7.03. The first kappa shape index (κ1) is 10.9. The van der Waals surface area contributed by atoms with Crippen molar-refractivity contribution in [1.82, 2.24) is 9.97 Å². The van der Waals surface area contributed by atoms with Crippen LogP contribution in [0.1, 0.15) is 5.56 Å². The normalized spacial score (nSPS) is 13.9. The van der Waals surface area contributed by atoms with Crippen molar-refractivity contribution in [3.05, 3.63) is 29.1 Å². The Morgan fingerprint density at radius 2 is 2.00 bits per heavy atom. The number of H-pyrrole nitrogens is 1. The molecule has 4 rings (SSSR count). The summed E-state index contributed by atoms with van der Waals surface area (Å²) in [6.45, 7) is 3.29. The fraction of sp³-hybridized carbons (Fsp3) is 0.214. The van der Waals surface area contributed by atoms with Crippen LogP contribution in [0.25, 0.3) is 21.7 Å². The lowest BCUT2D eigenvalue weighted by Gasteiger charge is -2.17. The van der Waals surface area contributed by atoms with Crippen LogP contribution in [0, 0.1) is 6.92 Å². The van der Waals surface area contributed by atoms with Crippen molar-refractivity contribution in [2.75, 3.05) is 13.2 Å². The van der Waals surface area contributed by atoms with Crippen LogP contribution >= 0.6 is 11.3 Å². The number of hydrogen-bond acceptors (Lipinski definition) is 4. The van der Waals surface area contributed by atoms with Gasteiger partial charge in [-0.2, -0.15) is 0 Å². The molecule has 96 valence electrons. The van der Waals surface area contributed by atoms with Gasteiger partial charge >= 0.3 is 0 Å². The molecule has 0 unspecified atom stereocenters. The molecule has 0 radical (unpaired) electrons. The summed E-state index contributed by atoms with van der Waals surface area (Å²) in [5, 5.41) is 2.08. The SMILES string of the molecule is Cc1ccsc1-c1nc2cc3c(cc2[nH]1)OCCO3. The second kappa shape index (κ2) is 3.99. The number of rotatable bonds is 1. The second-order valence-corrected chi connectivity index (χ2v) is 5.45. The van der Waals surface area contributed by atoms with Crippen molar-refractivity contribution in [3.8, 4) is 22.2 Å². The van der Waals surface area contributed by atoms with Gasteiger partial charge in [0.1, 0.15) is 19.0 Å². The van der Waals surface area contributed by atoms with Gasteiger partial charge in [0.25, 0.3) is 0 Å². The summed E-state index contributed by atoms with van der Waals surface area (Å²) < 4.78 is 11.2. The molecule has 1 aromatic carbocycles. The zero-order valence-electron chi connectivity index (χ0n) is 10.4. The van der Waals surface area contributed by atoms with Gasteiger partial charge in [0.05, 0.1) is 15.9 Å². The summed E-state index contributed by atoms with van der Waals surface area (Å²) in [6, 6.07) is 6.00. The minimum Gasteiger partial charge on any atom is -0.486 e. The second-order valence-electron chi connectivity index (χ2n) is 4.53. The Kier molecular flexibility index (Phi) is 2.29. The third-order valence-electron chi connectivity index (χ3n) is 3.22. The van der Waals surface area contributed by atoms with Crippen LogP contribution in [0.3, 0.4) is 0 Å². The number of ether oxygens (including phenoxy) is 2. The van der Waals surface area contributed by atoms with Gasteiger partial charge in [-0.3, -0.25) is 0 Å². The fourth-order valence-corrected chi connectivity index (χ4v) is 3.14. The van der Waals surface area contributed by atoms with Gasteiger partial charge in [-0.05, 0) is 23.9 Å². The number of imidazole rings is 1. The summed E-state index contributed by atoms with van der Waals surface area (Å²) in [4.78, 5) is 9.17. The molecule has 1 aliphatic heterocycles. The smallest absolute Gasteiger partial charge is 0.163 e. The molecule has 0 spiro atoms. The van der Waals surface area contributed by atoms with Crippen molar-refractivity contribution >= 4 is 22.4 Å². The largest absolute Gasteiger partial charge is 0.486 e. The third kappa shape index (κ3) is 1.69. The average Bonchev–Trinajstić information content (AvgIpc) is 3.01. The Hall–Kier alpha value is -2.01. The van der Waals surface area contributed by atoms with Crippen LogP contribution < -0.4 is 9.47 Å². The van der Waals surface area contributed by atoms with E-state index in [1.165, 1.54) is 10.4 Å². The number of aryl methyl sites for hydroxylation is 1. The van der Waals surface area contributed by atoms with Crippen molar-refractivity contribution in [1.29, 1.82) is 0 Å². The standard InChI is InChI=1S/C14H12N2O2S/c1-8-2-5-19-13(8)14-15-9-6-11-12(7-10(9)16-14)18-4-3-17-11/h2,5-7H,3-4H2,1H3,(H,15,16). The molecule has 3 aromatic rings. The molecule has 1 N–H and O–H groups in total. The molecular formula is C14H12N2O2S. The lowest BCUT2D eigenvalue weighted by atomic mass is 10.2. The highest BCUT2D eigenvalue weighted by atomic mass is 32.1. The molecule has 0 saturated carbocycles. The number of aromatic nitrogens is 2. The van der Waals surface area contributed by atoms with Gasteiger partial charge in [0.2, 0.25) is 0 Å². The average molecular weight is 272 g/mol. The molecule has 3 heterocycles. The number of nitrogens with zero attached hydrogens (tertiary/aromatic N) is 1. The van der Waals surface area contributed by atoms with E-state index < -0.39 is 0 Å². The summed E-state index contributed by atoms with van der Waals surface area (Å²) >= 11 is 1.69. The van der Waals surface area contributed by atoms with Crippen molar-refractivity contribution < 1.29 is 9.47 Å². The van der Waals surface area contributed by atoms with E-state index >= 15 is 0 Å². The summed E-state index contributed by atoms with van der Waals surface area (Å²) in [5.74, 6) is 2.47. The van der Waals surface area contributed by atoms with Gasteiger partial charge in [-0.15, -0.1) is 11.3 Å². The van der Waals surface area contributed by atoms with Crippen molar-refractivity contribution in [2.24, 2.45) is 0 Å². The highest BCUT2D eigenvalue weighted by Gasteiger charge is 2.16. The van der Waals surface area contributed by atoms with E-state index in [0.717, 1.165) is 28.4 Å². The van der Waals surface area contributed by atoms with Crippen LogP contribution in [-0.2, 0) is 0 Å². The molecular weight excluding hydrogens is 260 g/mol. The zero-order chi connectivity index (χ0) is 12.8. The van der Waals surface area contributed by atoms with Crippen LogP contribution in [0.2, 0.25) is 0 Å². The van der Waals surface area contributed by atoms with E-state index in [2.05, 4.69) is 28.3 Å². The lowest BCUT2D eigenvalue weighted by Crippen LogP contribution is -2.15. The van der Waals surface area contributed by atoms with E-state index in [4.69, 9.17) is 9.47 Å². The van der Waals surface area contributed by atoms with E-state index in [1.54, 1.807) is 11.3 Å². The number of hydrogen-bond donors (Lipinski definition) is 1. The molecule has 19 heavy (non-hydrogen) atoms. The first-order chi connectivity index (χ1) is 9.31. The zero-order valence-corrected chi connectivity index (χ0v) is 11.2. The maximum absolute atomic E-state index is 5.59. The number of aromatic amines is 1. The fourth-order valence-electron chi connectivity index (χ4n) is 2.27. The van der Waals surface area contributed by atoms with Crippen LogP contribution in [0.15, 0.2) is 23.6 Å². The van der Waals surface area contributed by atoms with Crippen molar-refractivity contribution in [2.45, 2.75) is 6.92 Å². The predicted molar refractivity (Wildman–Crippen MR) is 75.1 cm³/mol. The number of nitrogens with one attached hydrogen (secondary N) is 1. The number of benzene rings is 1. The summed E-state index contributed by atoms with van der Waals surface area (Å²) in [7, 11) is 0. The highest BCUT2D eigenvalue weighted by Crippen LogP contribution is 2.35. The van der Waals surface area contributed by atoms with Crippen molar-refractivity contribution in [3.63, 3.8) is 0 Å². The molecule has 0 amide bonds. The van der Waals surface area contributed by atoms with E-state index in [1.807, 2.05) is 12.1 Å². The monoisotopic (exact) mass is 272 g/mol. The molecule has 1 aliphatic rings. The Morgan fingerprint density at radius 1 is 1.21 bits per heavy atom. The predicted octanol–water partition coefficient (Wildman–Crippen LogP) is 3.37. The molecule has 0 saturated heterocycles. The van der Waals surface area contributed by atoms with Gasteiger partial charge in [-0.25, -0.2) is 4.98 Å². The molecule has 2 aromatic heterocycles. The van der Waals surface area contributed by atoms with Crippen LogP contribution in [0.5, 0.6) is 11.5 Å². The van der Waals surface area contributed by atoms with E-state index in [-0.39, 0.29) is 0 Å². The Balaban J connectivity index is 1.90. The number of thiophene rings is 1. The topological polar surface area (TPSA) is 47.1 Å². The Bertz CT molecular complexity index is 717. The first-order valence-electron chi connectivity index (χ1n) is 6.15. The Morgan fingerprint density at radius 3 is 2.74 bits per heavy atom. The minimum absolute atomic E-state index is 0.597. The molecule has 0 atom stereocenters. The molecule has 4 nitrogen and oxygen atoms in total. The number of fused-ring (bicyclic) bond motifs is 2. The third-order valence-corrected chi connectivity index (χ3v) is 4.25. The molecule has 0 fully saturated rings. The van der Waals surface area contributed by atoms with Crippen LogP contribution in [0.4, 0.5) is 0 Å². The quantitative estimate of drug-likeness (QED) is 0.738. The maximum atomic E-state index is 5.59. The maximum Gasteiger partial charge on any atom is 0.163 e. The molecule has 0 bridgehead atoms.